The van der Waals surface area contributed by atoms with Gasteiger partial charge >= 0.3 is 5.37 Å². The van der Waals surface area contributed by atoms with Gasteiger partial charge < -0.3 is 4.90 Å². The Morgan fingerprint density at radius 1 is 1.70 bits per heavy atom. The van der Waals surface area contributed by atoms with Crippen LogP contribution in [0.3, 0.4) is 0 Å². The average molecular weight is 162 g/mol. The van der Waals surface area contributed by atoms with Crippen LogP contribution >= 0.6 is 11.6 Å². The van der Waals surface area contributed by atoms with Crippen LogP contribution in [0.4, 0.5) is 4.79 Å². The average Bonchev–Trinajstić information content (AvgIpc) is 1.80. The van der Waals surface area contributed by atoms with Crippen LogP contribution < -0.4 is 0 Å². The topological polar surface area (TPSA) is 20.3 Å². The highest BCUT2D eigenvalue weighted by atomic mass is 35.5. The lowest BCUT2D eigenvalue weighted by atomic mass is 9.80. The summed E-state index contributed by atoms with van der Waals surface area (Å²) in [4.78, 5) is 12.2. The minimum atomic E-state index is -0.314. The van der Waals surface area contributed by atoms with Crippen molar-refractivity contribution in [2.45, 2.75) is 20.3 Å². The van der Waals surface area contributed by atoms with Crippen LogP contribution in [0.2, 0.25) is 0 Å². The summed E-state index contributed by atoms with van der Waals surface area (Å²) in [6.45, 7) is 5.96. The minimum Gasteiger partial charge on any atom is -0.328 e. The van der Waals surface area contributed by atoms with Gasteiger partial charge in [0.2, 0.25) is 0 Å². The highest BCUT2D eigenvalue weighted by molar-refractivity contribution is 6.62. The molecule has 0 aromatic carbocycles. The normalized spacial score (nSPS) is 22.1. The van der Waals surface area contributed by atoms with Gasteiger partial charge in [0, 0.05) is 18.5 Å². The first-order valence-electron chi connectivity index (χ1n) is 3.52. The Hall–Kier alpha value is -0.240. The van der Waals surface area contributed by atoms with Crippen LogP contribution in [0.5, 0.6) is 0 Å². The molecule has 1 aliphatic rings. The minimum absolute atomic E-state index is 0.314. The quantitative estimate of drug-likeness (QED) is 0.426. The van der Waals surface area contributed by atoms with E-state index < -0.39 is 0 Å². The van der Waals surface area contributed by atoms with Crippen molar-refractivity contribution in [3.8, 4) is 0 Å². The van der Waals surface area contributed by atoms with Crippen molar-refractivity contribution < 1.29 is 4.79 Å². The van der Waals surface area contributed by atoms with Crippen LogP contribution in [0.15, 0.2) is 0 Å². The second kappa shape index (κ2) is 2.42. The number of rotatable bonds is 1. The summed E-state index contributed by atoms with van der Waals surface area (Å²) in [5, 5.41) is -0.314. The zero-order valence-electron chi connectivity index (χ0n) is 6.35. The summed E-state index contributed by atoms with van der Waals surface area (Å²) in [6, 6.07) is 0. The maximum Gasteiger partial charge on any atom is 0.316 e. The third-order valence-corrected chi connectivity index (χ3v) is 2.49. The maximum absolute atomic E-state index is 10.5. The lowest BCUT2D eigenvalue weighted by Gasteiger charge is -2.46. The van der Waals surface area contributed by atoms with Gasteiger partial charge in [-0.1, -0.05) is 13.8 Å². The number of likely N-dealkylation sites (tertiary alicyclic amines) is 1. The fourth-order valence-electron chi connectivity index (χ4n) is 1.22. The van der Waals surface area contributed by atoms with Crippen LogP contribution in [0.25, 0.3) is 0 Å². The van der Waals surface area contributed by atoms with Crippen molar-refractivity contribution in [2.75, 3.05) is 13.1 Å². The van der Waals surface area contributed by atoms with Crippen molar-refractivity contribution in [2.24, 2.45) is 5.41 Å². The molecule has 1 amide bonds. The Kier molecular flexibility index (Phi) is 1.90. The van der Waals surface area contributed by atoms with E-state index >= 15 is 0 Å². The predicted molar refractivity (Wildman–Crippen MR) is 41.2 cm³/mol. The summed E-state index contributed by atoms with van der Waals surface area (Å²) in [5.41, 5.74) is 0.338. The molecule has 0 spiro atoms. The molecule has 0 saturated carbocycles. The molecule has 1 fully saturated rings. The predicted octanol–water partition coefficient (Wildman–Crippen LogP) is 2.08. The molecule has 0 bridgehead atoms. The fraction of sp³-hybridized carbons (Fsp3) is 0.857. The number of nitrogens with zero attached hydrogens (tertiary/aromatic N) is 1. The van der Waals surface area contributed by atoms with Gasteiger partial charge in [0.25, 0.3) is 0 Å². The van der Waals surface area contributed by atoms with Gasteiger partial charge in [0.05, 0.1) is 0 Å². The monoisotopic (exact) mass is 161 g/mol. The first kappa shape index (κ1) is 7.86. The molecule has 1 aliphatic heterocycles. The summed E-state index contributed by atoms with van der Waals surface area (Å²) < 4.78 is 0. The van der Waals surface area contributed by atoms with E-state index in [1.807, 2.05) is 0 Å². The van der Waals surface area contributed by atoms with E-state index in [1.54, 1.807) is 4.90 Å². The first-order chi connectivity index (χ1) is 4.57. The molecule has 3 heteroatoms. The lowest BCUT2D eigenvalue weighted by Crippen LogP contribution is -2.55. The first-order valence-corrected chi connectivity index (χ1v) is 3.89. The Morgan fingerprint density at radius 2 is 2.20 bits per heavy atom. The number of hydrogen-bond acceptors (Lipinski definition) is 1. The molecule has 0 aromatic heterocycles. The number of hydrogen-bond donors (Lipinski definition) is 0. The molecular weight excluding hydrogens is 150 g/mol. The second-order valence-corrected chi connectivity index (χ2v) is 3.60. The van der Waals surface area contributed by atoms with E-state index in [0.29, 0.717) is 5.41 Å². The van der Waals surface area contributed by atoms with E-state index in [2.05, 4.69) is 13.8 Å². The van der Waals surface area contributed by atoms with Gasteiger partial charge in [-0.15, -0.1) is 0 Å². The standard InChI is InChI=1S/C7H12ClNO/c1-3-7(2)4-9(5-7)6(8)10/h3-5H2,1-2H3. The largest absolute Gasteiger partial charge is 0.328 e. The molecule has 0 aliphatic carbocycles. The molecule has 2 nitrogen and oxygen atoms in total. The lowest BCUT2D eigenvalue weighted by molar-refractivity contribution is 0.0546. The van der Waals surface area contributed by atoms with Crippen LogP contribution in [0, 0.1) is 5.41 Å². The third-order valence-electron chi connectivity index (χ3n) is 2.25. The van der Waals surface area contributed by atoms with E-state index in [0.717, 1.165) is 19.5 Å². The van der Waals surface area contributed by atoms with E-state index in [1.165, 1.54) is 0 Å². The molecule has 58 valence electrons. The summed E-state index contributed by atoms with van der Waals surface area (Å²) in [7, 11) is 0. The van der Waals surface area contributed by atoms with Crippen molar-refractivity contribution >= 4 is 17.0 Å². The van der Waals surface area contributed by atoms with Crippen molar-refractivity contribution in [1.29, 1.82) is 0 Å². The summed E-state index contributed by atoms with van der Waals surface area (Å²) >= 11 is 5.25. The molecule has 0 N–H and O–H groups in total. The Labute approximate surface area is 66.1 Å². The fourth-order valence-corrected chi connectivity index (χ4v) is 1.34. The molecular formula is C7H12ClNO. The van der Waals surface area contributed by atoms with E-state index in [4.69, 9.17) is 11.6 Å². The van der Waals surface area contributed by atoms with Gasteiger partial charge in [0.15, 0.2) is 0 Å². The zero-order chi connectivity index (χ0) is 7.78. The Morgan fingerprint density at radius 3 is 2.50 bits per heavy atom. The smallest absolute Gasteiger partial charge is 0.316 e. The van der Waals surface area contributed by atoms with Gasteiger partial charge in [-0.3, -0.25) is 4.79 Å². The van der Waals surface area contributed by atoms with Crippen LogP contribution in [-0.4, -0.2) is 23.4 Å². The number of halogens is 1. The van der Waals surface area contributed by atoms with Crippen molar-refractivity contribution in [3.63, 3.8) is 0 Å². The molecule has 0 unspecified atom stereocenters. The van der Waals surface area contributed by atoms with Crippen LogP contribution in [0.1, 0.15) is 20.3 Å². The zero-order valence-corrected chi connectivity index (χ0v) is 7.11. The summed E-state index contributed by atoms with van der Waals surface area (Å²) in [5.74, 6) is 0. The molecule has 10 heavy (non-hydrogen) atoms. The molecule has 1 saturated heterocycles. The Balaban J connectivity index is 2.36. The highest BCUT2D eigenvalue weighted by Crippen LogP contribution is 2.33. The molecule has 0 atom stereocenters. The molecule has 0 radical (unpaired) electrons. The van der Waals surface area contributed by atoms with Gasteiger partial charge in [-0.05, 0) is 18.0 Å². The van der Waals surface area contributed by atoms with Crippen LogP contribution in [-0.2, 0) is 0 Å². The molecule has 0 aromatic rings. The summed E-state index contributed by atoms with van der Waals surface area (Å²) in [6.07, 6.45) is 1.12. The Bertz CT molecular complexity index is 152. The van der Waals surface area contributed by atoms with Gasteiger partial charge in [0.1, 0.15) is 0 Å². The number of carbonyl (C=O) groups is 1. The van der Waals surface area contributed by atoms with Crippen molar-refractivity contribution in [1.82, 2.24) is 4.90 Å². The number of amides is 1. The van der Waals surface area contributed by atoms with E-state index in [9.17, 15) is 4.79 Å². The molecule has 1 heterocycles. The third kappa shape index (κ3) is 1.26. The van der Waals surface area contributed by atoms with E-state index in [-0.39, 0.29) is 5.37 Å². The van der Waals surface area contributed by atoms with Gasteiger partial charge in [-0.2, -0.15) is 0 Å². The second-order valence-electron chi connectivity index (χ2n) is 3.27. The number of carbonyl (C=O) groups excluding carboxylic acids is 1. The van der Waals surface area contributed by atoms with Crippen molar-refractivity contribution in [3.05, 3.63) is 0 Å². The molecule has 1 rings (SSSR count). The highest BCUT2D eigenvalue weighted by Gasteiger charge is 2.38. The van der Waals surface area contributed by atoms with Gasteiger partial charge in [-0.25, -0.2) is 0 Å². The maximum atomic E-state index is 10.5. The SMILES string of the molecule is CCC1(C)CN(C(=O)Cl)C1.